The first-order valence-electron chi connectivity index (χ1n) is 5.00. The Kier molecular flexibility index (Phi) is 4.80. The minimum absolute atomic E-state index is 0.109. The molecule has 0 atom stereocenters. The van der Waals surface area contributed by atoms with E-state index in [2.05, 4.69) is 34.8 Å². The van der Waals surface area contributed by atoms with Crippen LogP contribution >= 0.6 is 27.5 Å². The molecule has 0 saturated heterocycles. The van der Waals surface area contributed by atoms with Crippen LogP contribution in [0.4, 0.5) is 0 Å². The van der Waals surface area contributed by atoms with Crippen molar-refractivity contribution in [3.05, 3.63) is 26.3 Å². The maximum atomic E-state index is 11.7. The molecule has 84 valence electrons. The van der Waals surface area contributed by atoms with E-state index in [1.165, 1.54) is 6.33 Å². The van der Waals surface area contributed by atoms with Crippen molar-refractivity contribution in [2.24, 2.45) is 5.92 Å². The second-order valence-corrected chi connectivity index (χ2v) is 4.64. The molecule has 0 radical (unpaired) electrons. The van der Waals surface area contributed by atoms with Gasteiger partial charge in [0.15, 0.2) is 5.15 Å². The van der Waals surface area contributed by atoms with Crippen LogP contribution in [0.25, 0.3) is 0 Å². The van der Waals surface area contributed by atoms with E-state index in [9.17, 15) is 4.79 Å². The Morgan fingerprint density at radius 1 is 1.53 bits per heavy atom. The molecule has 0 aliphatic heterocycles. The third kappa shape index (κ3) is 3.05. The van der Waals surface area contributed by atoms with Crippen molar-refractivity contribution in [1.82, 2.24) is 9.55 Å². The van der Waals surface area contributed by atoms with Gasteiger partial charge in [-0.05, 0) is 21.8 Å². The minimum atomic E-state index is -0.109. The Balaban J connectivity index is 2.96. The number of aromatic nitrogens is 2. The van der Waals surface area contributed by atoms with Crippen LogP contribution < -0.4 is 5.56 Å². The van der Waals surface area contributed by atoms with Gasteiger partial charge in [0.05, 0.1) is 6.33 Å². The van der Waals surface area contributed by atoms with Crippen LogP contribution in [-0.4, -0.2) is 9.55 Å². The van der Waals surface area contributed by atoms with Gasteiger partial charge in [-0.2, -0.15) is 0 Å². The molecule has 3 nitrogen and oxygen atoms in total. The van der Waals surface area contributed by atoms with Gasteiger partial charge in [-0.3, -0.25) is 9.36 Å². The first-order valence-corrected chi connectivity index (χ1v) is 6.17. The standard InChI is InChI=1S/C10H14BrClN2O/c1-3-7(4-2)5-14-6-13-9(12)8(11)10(14)15/h6-7H,3-5H2,1-2H3. The normalized spacial score (nSPS) is 11.0. The maximum absolute atomic E-state index is 11.7. The molecule has 1 aromatic heterocycles. The molecule has 0 aromatic carbocycles. The predicted octanol–water partition coefficient (Wildman–Crippen LogP) is 3.10. The van der Waals surface area contributed by atoms with Crippen LogP contribution in [0.3, 0.4) is 0 Å². The fraction of sp³-hybridized carbons (Fsp3) is 0.600. The van der Waals surface area contributed by atoms with Crippen LogP contribution in [-0.2, 0) is 6.54 Å². The van der Waals surface area contributed by atoms with Crippen LogP contribution in [0, 0.1) is 5.92 Å². The SMILES string of the molecule is CCC(CC)Cn1cnc(Cl)c(Br)c1=O. The highest BCUT2D eigenvalue weighted by atomic mass is 79.9. The lowest BCUT2D eigenvalue weighted by Gasteiger charge is -2.13. The molecule has 15 heavy (non-hydrogen) atoms. The Morgan fingerprint density at radius 3 is 2.67 bits per heavy atom. The van der Waals surface area contributed by atoms with Crippen LogP contribution in [0.5, 0.6) is 0 Å². The maximum Gasteiger partial charge on any atom is 0.269 e. The highest BCUT2D eigenvalue weighted by molar-refractivity contribution is 9.10. The number of hydrogen-bond acceptors (Lipinski definition) is 2. The third-order valence-electron chi connectivity index (χ3n) is 2.55. The van der Waals surface area contributed by atoms with Gasteiger partial charge in [-0.15, -0.1) is 0 Å². The smallest absolute Gasteiger partial charge is 0.269 e. The molecule has 0 aliphatic rings. The number of halogens is 2. The molecule has 0 saturated carbocycles. The lowest BCUT2D eigenvalue weighted by Crippen LogP contribution is -2.24. The summed E-state index contributed by atoms with van der Waals surface area (Å²) >= 11 is 8.85. The molecule has 0 bridgehead atoms. The van der Waals surface area contributed by atoms with Gasteiger partial charge in [0.2, 0.25) is 0 Å². The summed E-state index contributed by atoms with van der Waals surface area (Å²) in [5.74, 6) is 0.512. The van der Waals surface area contributed by atoms with Crippen molar-refractivity contribution in [2.75, 3.05) is 0 Å². The molecule has 1 rings (SSSR count). The first-order chi connectivity index (χ1) is 7.10. The molecule has 0 aliphatic carbocycles. The van der Waals surface area contributed by atoms with Gasteiger partial charge in [-0.1, -0.05) is 38.3 Å². The summed E-state index contributed by atoms with van der Waals surface area (Å²) in [7, 11) is 0. The van der Waals surface area contributed by atoms with Gasteiger partial charge in [0, 0.05) is 6.54 Å². The zero-order chi connectivity index (χ0) is 11.4. The van der Waals surface area contributed by atoms with Crippen molar-refractivity contribution < 1.29 is 0 Å². The highest BCUT2D eigenvalue weighted by Gasteiger charge is 2.10. The Hall–Kier alpha value is -0.350. The lowest BCUT2D eigenvalue weighted by molar-refractivity contribution is 0.408. The topological polar surface area (TPSA) is 34.9 Å². The quantitative estimate of drug-likeness (QED) is 0.800. The van der Waals surface area contributed by atoms with Gasteiger partial charge >= 0.3 is 0 Å². The fourth-order valence-corrected chi connectivity index (χ4v) is 1.85. The average molecular weight is 294 g/mol. The summed E-state index contributed by atoms with van der Waals surface area (Å²) in [5, 5.41) is 0.223. The highest BCUT2D eigenvalue weighted by Crippen LogP contribution is 2.15. The van der Waals surface area contributed by atoms with E-state index < -0.39 is 0 Å². The molecule has 0 fully saturated rings. The van der Waals surface area contributed by atoms with Crippen LogP contribution in [0.15, 0.2) is 15.6 Å². The van der Waals surface area contributed by atoms with Gasteiger partial charge in [-0.25, -0.2) is 4.98 Å². The summed E-state index contributed by atoms with van der Waals surface area (Å²) in [6.45, 7) is 4.95. The molecule has 5 heteroatoms. The number of nitrogens with zero attached hydrogens (tertiary/aromatic N) is 2. The second kappa shape index (κ2) is 5.66. The molecule has 0 N–H and O–H groups in total. The van der Waals surface area contributed by atoms with Gasteiger partial charge < -0.3 is 0 Å². The molecule has 1 aromatic rings. The van der Waals surface area contributed by atoms with E-state index in [1.807, 2.05) is 0 Å². The summed E-state index contributed by atoms with van der Waals surface area (Å²) in [6, 6.07) is 0. The van der Waals surface area contributed by atoms with Crippen LogP contribution in [0.2, 0.25) is 5.15 Å². The average Bonchev–Trinajstić information content (AvgIpc) is 2.25. The van der Waals surface area contributed by atoms with E-state index in [4.69, 9.17) is 11.6 Å². The Bertz CT molecular complexity index is 387. The van der Waals surface area contributed by atoms with Crippen LogP contribution in [0.1, 0.15) is 26.7 Å². The minimum Gasteiger partial charge on any atom is -0.298 e. The van der Waals surface area contributed by atoms with E-state index >= 15 is 0 Å². The summed E-state index contributed by atoms with van der Waals surface area (Å²) in [4.78, 5) is 15.7. The monoisotopic (exact) mass is 292 g/mol. The molecular formula is C10H14BrClN2O. The zero-order valence-electron chi connectivity index (χ0n) is 8.83. The summed E-state index contributed by atoms with van der Waals surface area (Å²) in [6.07, 6.45) is 3.63. The lowest BCUT2D eigenvalue weighted by atomic mass is 10.0. The summed E-state index contributed by atoms with van der Waals surface area (Å²) in [5.41, 5.74) is -0.109. The van der Waals surface area contributed by atoms with E-state index in [0.29, 0.717) is 16.9 Å². The number of rotatable bonds is 4. The predicted molar refractivity (Wildman–Crippen MR) is 65.3 cm³/mol. The van der Waals surface area contributed by atoms with E-state index in [1.54, 1.807) is 4.57 Å². The molecule has 0 unspecified atom stereocenters. The molecule has 0 amide bonds. The summed E-state index contributed by atoms with van der Waals surface area (Å²) < 4.78 is 1.95. The van der Waals surface area contributed by atoms with Crippen molar-refractivity contribution in [3.63, 3.8) is 0 Å². The van der Waals surface area contributed by atoms with Crippen molar-refractivity contribution in [2.45, 2.75) is 33.2 Å². The molecule has 0 spiro atoms. The van der Waals surface area contributed by atoms with E-state index in [-0.39, 0.29) is 10.7 Å². The second-order valence-electron chi connectivity index (χ2n) is 3.49. The largest absolute Gasteiger partial charge is 0.298 e. The van der Waals surface area contributed by atoms with Gasteiger partial charge in [0.1, 0.15) is 4.47 Å². The Morgan fingerprint density at radius 2 is 2.13 bits per heavy atom. The van der Waals surface area contributed by atoms with Crippen molar-refractivity contribution in [3.8, 4) is 0 Å². The van der Waals surface area contributed by atoms with Gasteiger partial charge in [0.25, 0.3) is 5.56 Å². The zero-order valence-corrected chi connectivity index (χ0v) is 11.2. The van der Waals surface area contributed by atoms with Crippen molar-refractivity contribution in [1.29, 1.82) is 0 Å². The molecule has 1 heterocycles. The third-order valence-corrected chi connectivity index (χ3v) is 3.78. The van der Waals surface area contributed by atoms with Crippen molar-refractivity contribution >= 4 is 27.5 Å². The number of hydrogen-bond donors (Lipinski definition) is 0. The molecular weight excluding hydrogens is 279 g/mol. The Labute approximate surface area is 103 Å². The fourth-order valence-electron chi connectivity index (χ4n) is 1.40. The van der Waals surface area contributed by atoms with E-state index in [0.717, 1.165) is 12.8 Å². The first kappa shape index (κ1) is 12.7.